The normalized spacial score (nSPS) is 16.7. The number of likely N-dealkylation sites (N-methyl/N-ethyl adjacent to an activating group) is 1. The number of nitrogens with zero attached hydrogens (tertiary/aromatic N) is 3. The zero-order valence-corrected chi connectivity index (χ0v) is 32.6. The summed E-state index contributed by atoms with van der Waals surface area (Å²) >= 11 is 0. The van der Waals surface area contributed by atoms with Crippen molar-refractivity contribution < 1.29 is 19.5 Å². The largest absolute Gasteiger partial charge is 0.507 e. The minimum atomic E-state index is -0.516. The number of carbonyl (C=O) groups is 3. The number of allylic oxidation sites excluding steroid dienone is 4. The first-order valence-electron chi connectivity index (χ1n) is 19.4. The fourth-order valence-corrected chi connectivity index (χ4v) is 7.21. The molecular weight excluding hydrogens is 687 g/mol. The zero-order chi connectivity index (χ0) is 39.3. The lowest BCUT2D eigenvalue weighted by molar-refractivity contribution is -0.135. The standard InChI is InChI=1S/C46H55N5O4/c1-6-26-51(41-16-13-15-37-32(3)39(45(54)44(37)41)29-35-22-23-43(53)49-46(35)55)27-12-8-11-25-48-31-34-20-18-33(19-21-34)24-28-50(5)36(7-2)30-40(47-4)38-14-9-10-17-42(38)52/h7,9-10,13-21,29-30,35,48,52H,2-3,6,8,11-12,22-28,31H2,1,4-5H3,(H,49,53,55)/b36-30+,39-29?,47-40?. The highest BCUT2D eigenvalue weighted by atomic mass is 16.3. The Labute approximate surface area is 326 Å². The number of nitrogens with one attached hydrogen (secondary N) is 2. The van der Waals surface area contributed by atoms with E-state index in [2.05, 4.69) is 69.8 Å². The molecule has 1 heterocycles. The maximum absolute atomic E-state index is 13.8. The highest BCUT2D eigenvalue weighted by Gasteiger charge is 2.34. The number of benzene rings is 3. The third-order valence-corrected chi connectivity index (χ3v) is 10.4. The number of phenols is 1. The van der Waals surface area contributed by atoms with Gasteiger partial charge in [0.25, 0.3) is 0 Å². The number of amides is 2. The summed E-state index contributed by atoms with van der Waals surface area (Å²) in [6.07, 6.45) is 11.1. The highest BCUT2D eigenvalue weighted by molar-refractivity contribution is 6.29. The summed E-state index contributed by atoms with van der Waals surface area (Å²) in [6.45, 7) is 14.6. The number of unbranched alkanes of at least 4 members (excludes halogenated alkanes) is 2. The molecule has 2 aliphatic rings. The van der Waals surface area contributed by atoms with E-state index in [0.717, 1.165) is 81.8 Å². The van der Waals surface area contributed by atoms with Gasteiger partial charge in [0.15, 0.2) is 5.78 Å². The van der Waals surface area contributed by atoms with Crippen LogP contribution >= 0.6 is 0 Å². The number of ketones is 1. The predicted octanol–water partition coefficient (Wildman–Crippen LogP) is 7.42. The Hall–Kier alpha value is -5.54. The van der Waals surface area contributed by atoms with Gasteiger partial charge in [-0.25, -0.2) is 0 Å². The summed E-state index contributed by atoms with van der Waals surface area (Å²) in [5.41, 5.74) is 8.36. The predicted molar refractivity (Wildman–Crippen MR) is 223 cm³/mol. The zero-order valence-electron chi connectivity index (χ0n) is 32.6. The number of hydrogen-bond acceptors (Lipinski definition) is 8. The SMILES string of the molecule is C=C/C(=C\C(=NC)c1ccccc1O)N(C)CCc1ccc(CNCCCCCN(CCC)c2cccc3c2C(=O)C(=CC2CCC(=O)NC2=O)C3=C)cc1. The molecule has 0 spiro atoms. The van der Waals surface area contributed by atoms with Crippen molar-refractivity contribution >= 4 is 34.6 Å². The van der Waals surface area contributed by atoms with Gasteiger partial charge in [-0.05, 0) is 91.3 Å². The molecule has 1 aliphatic carbocycles. The number of fused-ring (bicyclic) bond motifs is 1. The van der Waals surface area contributed by atoms with Crippen LogP contribution in [0.1, 0.15) is 78.1 Å². The van der Waals surface area contributed by atoms with Gasteiger partial charge in [0.2, 0.25) is 11.8 Å². The van der Waals surface area contributed by atoms with Crippen molar-refractivity contribution in [3.63, 3.8) is 0 Å². The van der Waals surface area contributed by atoms with E-state index in [1.54, 1.807) is 25.3 Å². The minimum absolute atomic E-state index is 0.0945. The van der Waals surface area contributed by atoms with Crippen LogP contribution in [0.4, 0.5) is 5.69 Å². The Morgan fingerprint density at radius 1 is 0.982 bits per heavy atom. The summed E-state index contributed by atoms with van der Waals surface area (Å²) < 4.78 is 0. The number of para-hydroxylation sites is 1. The van der Waals surface area contributed by atoms with Crippen LogP contribution in [0, 0.1) is 5.92 Å². The van der Waals surface area contributed by atoms with Gasteiger partial charge in [0.1, 0.15) is 5.75 Å². The van der Waals surface area contributed by atoms with Gasteiger partial charge in [-0.15, -0.1) is 0 Å². The summed E-state index contributed by atoms with van der Waals surface area (Å²) in [7, 11) is 3.76. The third-order valence-electron chi connectivity index (χ3n) is 10.4. The lowest BCUT2D eigenvalue weighted by Gasteiger charge is -2.26. The molecule has 1 unspecified atom stereocenters. The summed E-state index contributed by atoms with van der Waals surface area (Å²) in [6, 6.07) is 21.9. The van der Waals surface area contributed by atoms with Crippen LogP contribution < -0.4 is 15.5 Å². The lowest BCUT2D eigenvalue weighted by atomic mass is 9.93. The molecule has 1 saturated heterocycles. The van der Waals surface area contributed by atoms with Crippen LogP contribution in [0.25, 0.3) is 5.57 Å². The van der Waals surface area contributed by atoms with Crippen molar-refractivity contribution in [3.8, 4) is 5.75 Å². The maximum atomic E-state index is 13.8. The number of hydrogen-bond donors (Lipinski definition) is 3. The molecule has 9 heteroatoms. The van der Waals surface area contributed by atoms with E-state index in [0.29, 0.717) is 34.4 Å². The molecule has 9 nitrogen and oxygen atoms in total. The number of phenolic OH excluding ortho intramolecular Hbond substituents is 1. The molecule has 55 heavy (non-hydrogen) atoms. The van der Waals surface area contributed by atoms with Crippen molar-refractivity contribution in [2.75, 3.05) is 45.2 Å². The second kappa shape index (κ2) is 19.7. The van der Waals surface area contributed by atoms with Gasteiger partial charge in [-0.3, -0.25) is 24.7 Å². The number of rotatable bonds is 19. The smallest absolute Gasteiger partial charge is 0.233 e. The summed E-state index contributed by atoms with van der Waals surface area (Å²) in [5, 5.41) is 16.3. The molecule has 1 fully saturated rings. The van der Waals surface area contributed by atoms with Crippen LogP contribution in [0.5, 0.6) is 5.75 Å². The fourth-order valence-electron chi connectivity index (χ4n) is 7.21. The van der Waals surface area contributed by atoms with Crippen molar-refractivity contribution in [2.24, 2.45) is 10.9 Å². The molecule has 288 valence electrons. The van der Waals surface area contributed by atoms with Crippen molar-refractivity contribution in [3.05, 3.63) is 137 Å². The number of aliphatic imine (C=N–C) groups is 1. The number of piperidine rings is 1. The number of Topliss-reactive ketones (excluding diaryl/α,β-unsaturated/α-hetero) is 1. The maximum Gasteiger partial charge on any atom is 0.233 e. The van der Waals surface area contributed by atoms with Gasteiger partial charge >= 0.3 is 0 Å². The van der Waals surface area contributed by atoms with Gasteiger partial charge in [0, 0.05) is 69.2 Å². The van der Waals surface area contributed by atoms with Crippen LogP contribution in [0.3, 0.4) is 0 Å². The molecule has 3 aromatic rings. The van der Waals surface area contributed by atoms with Crippen LogP contribution in [-0.4, -0.2) is 73.6 Å². The van der Waals surface area contributed by atoms with E-state index in [4.69, 9.17) is 0 Å². The Morgan fingerprint density at radius 2 is 1.75 bits per heavy atom. The molecule has 0 radical (unpaired) electrons. The highest BCUT2D eigenvalue weighted by Crippen LogP contribution is 2.41. The van der Waals surface area contributed by atoms with E-state index in [1.165, 1.54) is 11.1 Å². The van der Waals surface area contributed by atoms with E-state index in [-0.39, 0.29) is 29.8 Å². The van der Waals surface area contributed by atoms with Crippen molar-refractivity contribution in [2.45, 2.75) is 58.4 Å². The topological polar surface area (TPSA) is 114 Å². The molecule has 0 aromatic heterocycles. The average molecular weight is 742 g/mol. The van der Waals surface area contributed by atoms with E-state index < -0.39 is 5.92 Å². The summed E-state index contributed by atoms with van der Waals surface area (Å²) in [4.78, 5) is 46.7. The molecule has 3 aromatic carbocycles. The number of anilines is 1. The quantitative estimate of drug-likeness (QED) is 0.0385. The van der Waals surface area contributed by atoms with E-state index >= 15 is 0 Å². The average Bonchev–Trinajstić information content (AvgIpc) is 3.43. The van der Waals surface area contributed by atoms with Gasteiger partial charge in [0.05, 0.1) is 17.2 Å². The molecule has 1 aliphatic heterocycles. The molecular formula is C46H55N5O4. The van der Waals surface area contributed by atoms with Crippen LogP contribution in [0.2, 0.25) is 0 Å². The summed E-state index contributed by atoms with van der Waals surface area (Å²) in [5.74, 6) is -1.03. The Balaban J connectivity index is 1.06. The number of imide groups is 1. The molecule has 3 N–H and O–H groups in total. The lowest BCUT2D eigenvalue weighted by Crippen LogP contribution is -2.40. The first kappa shape index (κ1) is 40.6. The number of aromatic hydroxyl groups is 1. The van der Waals surface area contributed by atoms with E-state index in [1.807, 2.05) is 49.5 Å². The van der Waals surface area contributed by atoms with Crippen LogP contribution in [0.15, 0.2) is 114 Å². The number of carbonyl (C=O) groups excluding carboxylic acids is 3. The molecule has 1 atom stereocenters. The first-order valence-corrected chi connectivity index (χ1v) is 19.4. The monoisotopic (exact) mass is 741 g/mol. The van der Waals surface area contributed by atoms with Crippen LogP contribution in [-0.2, 0) is 22.6 Å². The first-order chi connectivity index (χ1) is 26.6. The molecule has 2 amide bonds. The Morgan fingerprint density at radius 3 is 2.45 bits per heavy atom. The van der Waals surface area contributed by atoms with Gasteiger partial charge in [-0.2, -0.15) is 0 Å². The minimum Gasteiger partial charge on any atom is -0.507 e. The fraction of sp³-hybridized carbons (Fsp3) is 0.348. The van der Waals surface area contributed by atoms with Gasteiger partial charge in [-0.1, -0.05) is 81.1 Å². The van der Waals surface area contributed by atoms with E-state index in [9.17, 15) is 19.5 Å². The van der Waals surface area contributed by atoms with Crippen molar-refractivity contribution in [1.82, 2.24) is 15.5 Å². The molecule has 5 rings (SSSR count). The van der Waals surface area contributed by atoms with Crippen molar-refractivity contribution in [1.29, 1.82) is 0 Å². The second-order valence-corrected chi connectivity index (χ2v) is 14.3. The Kier molecular flexibility index (Phi) is 14.5. The third kappa shape index (κ3) is 10.4. The molecule has 0 bridgehead atoms. The Bertz CT molecular complexity index is 1980. The van der Waals surface area contributed by atoms with Gasteiger partial charge < -0.3 is 20.2 Å². The second-order valence-electron chi connectivity index (χ2n) is 14.3. The molecule has 0 saturated carbocycles.